The summed E-state index contributed by atoms with van der Waals surface area (Å²) in [5.74, 6) is -0.886. The largest absolute Gasteiger partial charge is 0.448 e. The van der Waals surface area contributed by atoms with E-state index in [2.05, 4.69) is 10.2 Å². The summed E-state index contributed by atoms with van der Waals surface area (Å²) < 4.78 is 5.31. The van der Waals surface area contributed by atoms with Crippen molar-refractivity contribution in [2.24, 2.45) is 0 Å². The van der Waals surface area contributed by atoms with Crippen LogP contribution in [0.5, 0.6) is 0 Å². The van der Waals surface area contributed by atoms with Gasteiger partial charge in [0.25, 0.3) is 5.91 Å². The molecule has 6 heteroatoms. The molecule has 3 aromatic rings. The van der Waals surface area contributed by atoms with Gasteiger partial charge in [0.15, 0.2) is 11.8 Å². The zero-order valence-electron chi connectivity index (χ0n) is 14.1. The number of esters is 1. The molecular formula is C19H19N3O3. The topological polar surface area (TPSA) is 75.3 Å². The zero-order valence-corrected chi connectivity index (χ0v) is 14.1. The summed E-state index contributed by atoms with van der Waals surface area (Å²) in [4.78, 5) is 26.3. The van der Waals surface area contributed by atoms with Crippen molar-refractivity contribution >= 4 is 22.8 Å². The van der Waals surface area contributed by atoms with Crippen LogP contribution in [-0.2, 0) is 16.1 Å². The van der Waals surface area contributed by atoms with E-state index in [1.807, 2.05) is 48.5 Å². The standard InChI is InChI=1S/C19H19N3O3/c1-13(18(23)22(2)12-14-8-4-3-5-9-14)25-19(24)17-15-10-6-7-11-16(15)20-21-17/h3-11,13H,12H2,1-2H3,(H,20,21)/t13-/m0/s1. The Morgan fingerprint density at radius 2 is 1.80 bits per heavy atom. The summed E-state index contributed by atoms with van der Waals surface area (Å²) >= 11 is 0. The van der Waals surface area contributed by atoms with Gasteiger partial charge in [-0.25, -0.2) is 4.79 Å². The van der Waals surface area contributed by atoms with E-state index >= 15 is 0 Å². The lowest BCUT2D eigenvalue weighted by atomic mass is 10.2. The molecule has 25 heavy (non-hydrogen) atoms. The van der Waals surface area contributed by atoms with Crippen molar-refractivity contribution in [2.45, 2.75) is 19.6 Å². The maximum absolute atomic E-state index is 12.4. The second-order valence-electron chi connectivity index (χ2n) is 5.85. The van der Waals surface area contributed by atoms with Gasteiger partial charge in [0.1, 0.15) is 0 Å². The Labute approximate surface area is 145 Å². The van der Waals surface area contributed by atoms with Gasteiger partial charge in [-0.15, -0.1) is 0 Å². The Bertz CT molecular complexity index is 889. The van der Waals surface area contributed by atoms with Gasteiger partial charge in [0.05, 0.1) is 5.52 Å². The molecule has 0 unspecified atom stereocenters. The highest BCUT2D eigenvalue weighted by Crippen LogP contribution is 2.17. The SMILES string of the molecule is C[C@H](OC(=O)c1n[nH]c2ccccc12)C(=O)N(C)Cc1ccccc1. The zero-order chi connectivity index (χ0) is 17.8. The number of hydrogen-bond donors (Lipinski definition) is 1. The number of carbonyl (C=O) groups excluding carboxylic acids is 2. The van der Waals surface area contributed by atoms with Crippen LogP contribution >= 0.6 is 0 Å². The van der Waals surface area contributed by atoms with Gasteiger partial charge < -0.3 is 9.64 Å². The molecule has 0 aliphatic carbocycles. The van der Waals surface area contributed by atoms with E-state index in [1.165, 1.54) is 4.90 Å². The number of aromatic nitrogens is 2. The van der Waals surface area contributed by atoms with Gasteiger partial charge in [0.2, 0.25) is 0 Å². The molecule has 1 atom stereocenters. The molecule has 1 heterocycles. The number of rotatable bonds is 5. The van der Waals surface area contributed by atoms with Crippen LogP contribution in [0.3, 0.4) is 0 Å². The fourth-order valence-electron chi connectivity index (χ4n) is 2.63. The van der Waals surface area contributed by atoms with Gasteiger partial charge in [-0.1, -0.05) is 48.5 Å². The lowest BCUT2D eigenvalue weighted by Gasteiger charge is -2.21. The minimum atomic E-state index is -0.892. The van der Waals surface area contributed by atoms with Crippen LogP contribution in [0.2, 0.25) is 0 Å². The number of ether oxygens (including phenoxy) is 1. The average Bonchev–Trinajstić information content (AvgIpc) is 3.06. The number of nitrogens with zero attached hydrogens (tertiary/aromatic N) is 2. The van der Waals surface area contributed by atoms with Crippen LogP contribution in [-0.4, -0.2) is 40.1 Å². The number of para-hydroxylation sites is 1. The van der Waals surface area contributed by atoms with Crippen molar-refractivity contribution in [1.82, 2.24) is 15.1 Å². The highest BCUT2D eigenvalue weighted by molar-refractivity contribution is 6.02. The number of amides is 1. The predicted molar refractivity (Wildman–Crippen MR) is 93.9 cm³/mol. The normalized spacial score (nSPS) is 11.9. The summed E-state index contributed by atoms with van der Waals surface area (Å²) in [6, 6.07) is 16.9. The monoisotopic (exact) mass is 337 g/mol. The van der Waals surface area contributed by atoms with Crippen molar-refractivity contribution in [3.05, 3.63) is 65.9 Å². The highest BCUT2D eigenvalue weighted by Gasteiger charge is 2.24. The molecule has 0 saturated carbocycles. The number of aromatic amines is 1. The van der Waals surface area contributed by atoms with Gasteiger partial charge in [-0.05, 0) is 18.6 Å². The quantitative estimate of drug-likeness (QED) is 0.727. The third-order valence-corrected chi connectivity index (χ3v) is 3.93. The number of likely N-dealkylation sites (N-methyl/N-ethyl adjacent to an activating group) is 1. The van der Waals surface area contributed by atoms with E-state index in [0.29, 0.717) is 11.9 Å². The van der Waals surface area contributed by atoms with Gasteiger partial charge in [0, 0.05) is 19.0 Å². The number of hydrogen-bond acceptors (Lipinski definition) is 4. The van der Waals surface area contributed by atoms with Gasteiger partial charge in [-0.3, -0.25) is 9.89 Å². The van der Waals surface area contributed by atoms with Crippen molar-refractivity contribution < 1.29 is 14.3 Å². The van der Waals surface area contributed by atoms with Crippen molar-refractivity contribution in [3.8, 4) is 0 Å². The van der Waals surface area contributed by atoms with Crippen molar-refractivity contribution in [2.75, 3.05) is 7.05 Å². The van der Waals surface area contributed by atoms with E-state index in [-0.39, 0.29) is 11.6 Å². The Morgan fingerprint density at radius 3 is 2.56 bits per heavy atom. The molecular weight excluding hydrogens is 318 g/mol. The summed E-state index contributed by atoms with van der Waals surface area (Å²) in [7, 11) is 1.68. The van der Waals surface area contributed by atoms with E-state index < -0.39 is 12.1 Å². The first-order valence-electron chi connectivity index (χ1n) is 7.99. The lowest BCUT2D eigenvalue weighted by Crippen LogP contribution is -2.37. The second-order valence-corrected chi connectivity index (χ2v) is 5.85. The molecule has 0 bridgehead atoms. The molecule has 0 fully saturated rings. The minimum Gasteiger partial charge on any atom is -0.448 e. The predicted octanol–water partition coefficient (Wildman–Crippen LogP) is 2.77. The van der Waals surface area contributed by atoms with Crippen molar-refractivity contribution in [1.29, 1.82) is 0 Å². The Kier molecular flexibility index (Phi) is 4.79. The first kappa shape index (κ1) is 16.7. The Balaban J connectivity index is 1.65. The molecule has 128 valence electrons. The van der Waals surface area contributed by atoms with Crippen molar-refractivity contribution in [3.63, 3.8) is 0 Å². The first-order valence-corrected chi connectivity index (χ1v) is 7.99. The van der Waals surface area contributed by atoms with Crippen LogP contribution in [0, 0.1) is 0 Å². The van der Waals surface area contributed by atoms with Gasteiger partial charge >= 0.3 is 5.97 Å². The van der Waals surface area contributed by atoms with Crippen LogP contribution in [0.25, 0.3) is 10.9 Å². The summed E-state index contributed by atoms with van der Waals surface area (Å²) in [6.07, 6.45) is -0.892. The van der Waals surface area contributed by atoms with Crippen LogP contribution in [0.15, 0.2) is 54.6 Å². The lowest BCUT2D eigenvalue weighted by molar-refractivity contribution is -0.139. The molecule has 0 spiro atoms. The number of fused-ring (bicyclic) bond motifs is 1. The number of benzene rings is 2. The van der Waals surface area contributed by atoms with Crippen LogP contribution < -0.4 is 0 Å². The highest BCUT2D eigenvalue weighted by atomic mass is 16.5. The van der Waals surface area contributed by atoms with Crippen LogP contribution in [0.1, 0.15) is 23.0 Å². The summed E-state index contributed by atoms with van der Waals surface area (Å²) in [5, 5.41) is 7.45. The summed E-state index contributed by atoms with van der Waals surface area (Å²) in [5.41, 5.74) is 1.94. The van der Waals surface area contributed by atoms with Crippen LogP contribution in [0.4, 0.5) is 0 Å². The number of nitrogens with one attached hydrogen (secondary N) is 1. The molecule has 0 aliphatic heterocycles. The van der Waals surface area contributed by atoms with E-state index in [0.717, 1.165) is 11.1 Å². The fraction of sp³-hybridized carbons (Fsp3) is 0.211. The third-order valence-electron chi connectivity index (χ3n) is 3.93. The summed E-state index contributed by atoms with van der Waals surface area (Å²) in [6.45, 7) is 2.02. The fourth-order valence-corrected chi connectivity index (χ4v) is 2.63. The maximum Gasteiger partial charge on any atom is 0.360 e. The molecule has 6 nitrogen and oxygen atoms in total. The Hall–Kier alpha value is -3.15. The molecule has 0 radical (unpaired) electrons. The van der Waals surface area contributed by atoms with E-state index in [1.54, 1.807) is 20.0 Å². The second kappa shape index (κ2) is 7.17. The molecule has 1 amide bonds. The average molecular weight is 337 g/mol. The third kappa shape index (κ3) is 3.68. The number of carbonyl (C=O) groups is 2. The van der Waals surface area contributed by atoms with Gasteiger partial charge in [-0.2, -0.15) is 5.10 Å². The molecule has 0 aliphatic rings. The maximum atomic E-state index is 12.4. The molecule has 1 N–H and O–H groups in total. The molecule has 2 aromatic carbocycles. The number of H-pyrrole nitrogens is 1. The minimum absolute atomic E-state index is 0.181. The molecule has 3 rings (SSSR count). The van der Waals surface area contributed by atoms with E-state index in [9.17, 15) is 9.59 Å². The smallest absolute Gasteiger partial charge is 0.360 e. The first-order chi connectivity index (χ1) is 12.1. The Morgan fingerprint density at radius 1 is 1.12 bits per heavy atom. The molecule has 1 aromatic heterocycles. The van der Waals surface area contributed by atoms with E-state index in [4.69, 9.17) is 4.74 Å². The molecule has 0 saturated heterocycles.